The van der Waals surface area contributed by atoms with Crippen molar-refractivity contribution in [2.75, 3.05) is 7.11 Å². The topological polar surface area (TPSA) is 109 Å². The number of methoxy groups -OCH3 is 1. The maximum Gasteiger partial charge on any atom is 0.270 e. The summed E-state index contributed by atoms with van der Waals surface area (Å²) in [7, 11) is 1.50. The number of ether oxygens (including phenoxy) is 2. The highest BCUT2D eigenvalue weighted by atomic mass is 16.6. The molecule has 0 N–H and O–H groups in total. The molecule has 0 heterocycles. The zero-order valence-corrected chi connectivity index (χ0v) is 16.6. The van der Waals surface area contributed by atoms with Crippen LogP contribution in [0.5, 0.6) is 11.5 Å². The van der Waals surface area contributed by atoms with Gasteiger partial charge in [0.25, 0.3) is 5.69 Å². The molecule has 0 bridgehead atoms. The number of nitro groups is 1. The van der Waals surface area contributed by atoms with Crippen LogP contribution in [-0.4, -0.2) is 12.0 Å². The van der Waals surface area contributed by atoms with E-state index in [9.17, 15) is 20.6 Å². The Morgan fingerprint density at radius 2 is 1.87 bits per heavy atom. The largest absolute Gasteiger partial charge is 0.493 e. The highest BCUT2D eigenvalue weighted by Gasteiger charge is 2.11. The summed E-state index contributed by atoms with van der Waals surface area (Å²) in [4.78, 5) is 10.5. The van der Waals surface area contributed by atoms with E-state index < -0.39 is 4.92 Å². The summed E-state index contributed by atoms with van der Waals surface area (Å²) in [6.45, 7) is 0.201. The Morgan fingerprint density at radius 1 is 1.06 bits per heavy atom. The van der Waals surface area contributed by atoms with Gasteiger partial charge in [0.05, 0.1) is 35.3 Å². The van der Waals surface area contributed by atoms with Gasteiger partial charge in [0, 0.05) is 17.7 Å². The van der Waals surface area contributed by atoms with Crippen molar-refractivity contribution in [2.24, 2.45) is 0 Å². The first-order chi connectivity index (χ1) is 15.0. The van der Waals surface area contributed by atoms with Gasteiger partial charge in [0.15, 0.2) is 11.5 Å². The third-order valence-electron chi connectivity index (χ3n) is 4.51. The molecule has 0 unspecified atom stereocenters. The van der Waals surface area contributed by atoms with Crippen molar-refractivity contribution in [3.63, 3.8) is 0 Å². The number of nitrogens with zero attached hydrogens (tertiary/aromatic N) is 3. The lowest BCUT2D eigenvalue weighted by Gasteiger charge is -2.12. The van der Waals surface area contributed by atoms with E-state index in [1.165, 1.54) is 25.3 Å². The summed E-state index contributed by atoms with van der Waals surface area (Å²) in [6, 6.07) is 22.5. The van der Waals surface area contributed by atoms with Crippen LogP contribution < -0.4 is 9.47 Å². The quantitative estimate of drug-likeness (QED) is 0.231. The summed E-state index contributed by atoms with van der Waals surface area (Å²) in [5, 5.41) is 29.7. The minimum absolute atomic E-state index is 0.0855. The van der Waals surface area contributed by atoms with Crippen LogP contribution in [-0.2, 0) is 6.61 Å². The predicted molar refractivity (Wildman–Crippen MR) is 115 cm³/mol. The Bertz CT molecular complexity index is 1240. The molecule has 0 radical (unpaired) electrons. The van der Waals surface area contributed by atoms with Crippen molar-refractivity contribution in [1.82, 2.24) is 0 Å². The zero-order chi connectivity index (χ0) is 22.2. The monoisotopic (exact) mass is 411 g/mol. The van der Waals surface area contributed by atoms with E-state index in [4.69, 9.17) is 9.47 Å². The molecule has 0 aromatic heterocycles. The number of hydrogen-bond donors (Lipinski definition) is 0. The molecule has 3 aromatic rings. The Hall–Kier alpha value is -4.62. The van der Waals surface area contributed by atoms with Crippen molar-refractivity contribution in [3.8, 4) is 23.6 Å². The standard InChI is InChI=1S/C24H17N3O4/c1-30-24-12-17(11-21(15-26)18-7-4-8-22(13-18)27(28)29)9-10-23(24)31-16-20-6-3-2-5-19(20)14-25/h2-13H,16H2,1H3. The van der Waals surface area contributed by atoms with E-state index in [1.54, 1.807) is 42.5 Å². The van der Waals surface area contributed by atoms with Gasteiger partial charge < -0.3 is 9.47 Å². The van der Waals surface area contributed by atoms with Gasteiger partial charge in [-0.05, 0) is 35.4 Å². The number of non-ortho nitro benzene ring substituents is 1. The second-order valence-corrected chi connectivity index (χ2v) is 6.45. The number of hydrogen-bond acceptors (Lipinski definition) is 6. The Morgan fingerprint density at radius 3 is 2.58 bits per heavy atom. The molecule has 152 valence electrons. The van der Waals surface area contributed by atoms with Crippen LogP contribution in [0.3, 0.4) is 0 Å². The fraction of sp³-hybridized carbons (Fsp3) is 0.0833. The summed E-state index contributed by atoms with van der Waals surface area (Å²) in [6.07, 6.45) is 1.62. The Balaban J connectivity index is 1.86. The molecule has 7 nitrogen and oxygen atoms in total. The number of allylic oxidation sites excluding steroid dienone is 1. The lowest BCUT2D eigenvalue weighted by molar-refractivity contribution is -0.384. The third kappa shape index (κ3) is 5.06. The molecule has 0 aliphatic carbocycles. The first-order valence-corrected chi connectivity index (χ1v) is 9.21. The molecule has 0 atom stereocenters. The summed E-state index contributed by atoms with van der Waals surface area (Å²) >= 11 is 0. The maximum absolute atomic E-state index is 11.0. The second kappa shape index (κ2) is 9.73. The van der Waals surface area contributed by atoms with E-state index in [-0.39, 0.29) is 17.9 Å². The molecule has 0 saturated heterocycles. The average Bonchev–Trinajstić information content (AvgIpc) is 2.81. The van der Waals surface area contributed by atoms with Crippen molar-refractivity contribution in [3.05, 3.63) is 99.1 Å². The van der Waals surface area contributed by atoms with Gasteiger partial charge in [-0.25, -0.2) is 0 Å². The number of nitro benzene ring substituents is 1. The first-order valence-electron chi connectivity index (χ1n) is 9.21. The van der Waals surface area contributed by atoms with Crippen LogP contribution in [0, 0.1) is 32.8 Å². The molecule has 0 aliphatic heterocycles. The van der Waals surface area contributed by atoms with Crippen molar-refractivity contribution >= 4 is 17.3 Å². The molecule has 3 rings (SSSR count). The summed E-state index contributed by atoms with van der Waals surface area (Å²) < 4.78 is 11.2. The molecule has 31 heavy (non-hydrogen) atoms. The van der Waals surface area contributed by atoms with Gasteiger partial charge >= 0.3 is 0 Å². The smallest absolute Gasteiger partial charge is 0.270 e. The lowest BCUT2D eigenvalue weighted by Crippen LogP contribution is -2.00. The molecule has 0 saturated carbocycles. The van der Waals surface area contributed by atoms with Gasteiger partial charge in [-0.15, -0.1) is 0 Å². The van der Waals surface area contributed by atoms with Crippen molar-refractivity contribution in [1.29, 1.82) is 10.5 Å². The number of rotatable bonds is 7. The van der Waals surface area contributed by atoms with Gasteiger partial charge in [0.2, 0.25) is 0 Å². The fourth-order valence-corrected chi connectivity index (χ4v) is 2.94. The first kappa shape index (κ1) is 21.1. The van der Waals surface area contributed by atoms with Gasteiger partial charge in [-0.2, -0.15) is 10.5 Å². The maximum atomic E-state index is 11.0. The van der Waals surface area contributed by atoms with E-state index in [0.29, 0.717) is 28.2 Å². The molecule has 0 amide bonds. The fourth-order valence-electron chi connectivity index (χ4n) is 2.94. The van der Waals surface area contributed by atoms with Crippen LogP contribution in [0.25, 0.3) is 11.6 Å². The van der Waals surface area contributed by atoms with Crippen LogP contribution in [0.15, 0.2) is 66.7 Å². The van der Waals surface area contributed by atoms with Crippen LogP contribution in [0.1, 0.15) is 22.3 Å². The normalized spacial score (nSPS) is 10.6. The van der Waals surface area contributed by atoms with E-state index in [0.717, 1.165) is 5.56 Å². The predicted octanol–water partition coefficient (Wildman–Crippen LogP) is 5.12. The molecular weight excluding hydrogens is 394 g/mol. The second-order valence-electron chi connectivity index (χ2n) is 6.45. The molecule has 7 heteroatoms. The minimum Gasteiger partial charge on any atom is -0.493 e. The zero-order valence-electron chi connectivity index (χ0n) is 16.6. The lowest BCUT2D eigenvalue weighted by atomic mass is 10.0. The Labute approximate surface area is 179 Å². The number of nitriles is 2. The average molecular weight is 411 g/mol. The highest BCUT2D eigenvalue weighted by molar-refractivity contribution is 5.90. The number of benzene rings is 3. The molecule has 3 aromatic carbocycles. The third-order valence-corrected chi connectivity index (χ3v) is 4.51. The van der Waals surface area contributed by atoms with Crippen LogP contribution in [0.2, 0.25) is 0 Å². The Kier molecular flexibility index (Phi) is 6.62. The van der Waals surface area contributed by atoms with Gasteiger partial charge in [-0.3, -0.25) is 10.1 Å². The van der Waals surface area contributed by atoms with E-state index >= 15 is 0 Å². The molecule has 0 spiro atoms. The van der Waals surface area contributed by atoms with Crippen molar-refractivity contribution < 1.29 is 14.4 Å². The van der Waals surface area contributed by atoms with E-state index in [1.807, 2.05) is 12.1 Å². The summed E-state index contributed by atoms with van der Waals surface area (Å²) in [5.41, 5.74) is 2.61. The van der Waals surface area contributed by atoms with Crippen LogP contribution >= 0.6 is 0 Å². The minimum atomic E-state index is -0.502. The molecule has 0 fully saturated rings. The van der Waals surface area contributed by atoms with Crippen LogP contribution in [0.4, 0.5) is 5.69 Å². The van der Waals surface area contributed by atoms with Gasteiger partial charge in [0.1, 0.15) is 6.61 Å². The van der Waals surface area contributed by atoms with E-state index in [2.05, 4.69) is 12.1 Å². The SMILES string of the molecule is COc1cc(C=C(C#N)c2cccc([N+](=O)[O-])c2)ccc1OCc1ccccc1C#N. The summed E-state index contributed by atoms with van der Waals surface area (Å²) in [5.74, 6) is 0.945. The van der Waals surface area contributed by atoms with Crippen molar-refractivity contribution in [2.45, 2.75) is 6.61 Å². The highest BCUT2D eigenvalue weighted by Crippen LogP contribution is 2.31. The molecule has 0 aliphatic rings. The van der Waals surface area contributed by atoms with Gasteiger partial charge in [-0.1, -0.05) is 36.4 Å². The molecular formula is C24H17N3O4.